The Bertz CT molecular complexity index is 239. The van der Waals surface area contributed by atoms with Crippen LogP contribution >= 0.6 is 0 Å². The molecule has 0 aromatic carbocycles. The molecule has 0 saturated carbocycles. The zero-order chi connectivity index (χ0) is 13.6. The molecule has 0 aliphatic heterocycles. The van der Waals surface area contributed by atoms with Crippen LogP contribution in [0.5, 0.6) is 0 Å². The van der Waals surface area contributed by atoms with Crippen LogP contribution in [0.4, 0.5) is 0 Å². The molecule has 0 fully saturated rings. The molecular weight excluding hydrogens is 218 g/mol. The highest BCUT2D eigenvalue weighted by Crippen LogP contribution is 2.20. The van der Waals surface area contributed by atoms with E-state index in [1.54, 1.807) is 7.11 Å². The molecule has 0 rings (SSSR count). The van der Waals surface area contributed by atoms with E-state index in [4.69, 9.17) is 9.84 Å². The van der Waals surface area contributed by atoms with E-state index in [0.717, 1.165) is 6.42 Å². The molecule has 0 aromatic heterocycles. The molecular formula is C13H27NO3. The fourth-order valence-corrected chi connectivity index (χ4v) is 2.12. The van der Waals surface area contributed by atoms with Crippen molar-refractivity contribution in [2.45, 2.75) is 65.1 Å². The molecule has 0 saturated heterocycles. The Hall–Kier alpha value is -0.610. The summed E-state index contributed by atoms with van der Waals surface area (Å²) < 4.78 is 5.42. The number of hydrogen-bond donors (Lipinski definition) is 1. The lowest BCUT2D eigenvalue weighted by Gasteiger charge is -2.36. The molecule has 0 heterocycles. The number of methoxy groups -OCH3 is 1. The zero-order valence-electron chi connectivity index (χ0n) is 12.0. The Kier molecular flexibility index (Phi) is 6.72. The van der Waals surface area contributed by atoms with E-state index in [1.807, 2.05) is 0 Å². The molecule has 4 nitrogen and oxygen atoms in total. The molecule has 0 aliphatic rings. The Morgan fingerprint density at radius 3 is 2.24 bits per heavy atom. The molecule has 17 heavy (non-hydrogen) atoms. The van der Waals surface area contributed by atoms with Gasteiger partial charge in [-0.15, -0.1) is 0 Å². The monoisotopic (exact) mass is 245 g/mol. The van der Waals surface area contributed by atoms with Crippen LogP contribution in [0.2, 0.25) is 0 Å². The maximum absolute atomic E-state index is 10.6. The first-order chi connectivity index (χ1) is 7.69. The lowest BCUT2D eigenvalue weighted by molar-refractivity contribution is -0.137. The Morgan fingerprint density at radius 2 is 1.88 bits per heavy atom. The quantitative estimate of drug-likeness (QED) is 0.713. The average molecular weight is 245 g/mol. The molecule has 0 spiro atoms. The van der Waals surface area contributed by atoms with Gasteiger partial charge in [0.2, 0.25) is 0 Å². The van der Waals surface area contributed by atoms with E-state index in [9.17, 15) is 4.79 Å². The van der Waals surface area contributed by atoms with Crippen molar-refractivity contribution in [2.75, 3.05) is 13.7 Å². The molecule has 0 radical (unpaired) electrons. The second-order valence-corrected chi connectivity index (χ2v) is 5.49. The summed E-state index contributed by atoms with van der Waals surface area (Å²) in [7, 11) is 1.71. The topological polar surface area (TPSA) is 49.8 Å². The predicted octanol–water partition coefficient (Wildman–Crippen LogP) is 2.38. The Morgan fingerprint density at radius 1 is 1.35 bits per heavy atom. The highest BCUT2D eigenvalue weighted by atomic mass is 16.5. The highest BCUT2D eigenvalue weighted by molar-refractivity contribution is 5.66. The minimum atomic E-state index is -0.742. The van der Waals surface area contributed by atoms with Crippen molar-refractivity contribution >= 4 is 5.97 Å². The van der Waals surface area contributed by atoms with Gasteiger partial charge < -0.3 is 9.84 Å². The number of carbonyl (C=O) groups is 1. The first-order valence-corrected chi connectivity index (χ1v) is 6.22. The van der Waals surface area contributed by atoms with Gasteiger partial charge in [-0.25, -0.2) is 0 Å². The molecule has 0 bridgehead atoms. The van der Waals surface area contributed by atoms with E-state index in [2.05, 4.69) is 39.5 Å². The van der Waals surface area contributed by atoms with E-state index < -0.39 is 5.97 Å². The van der Waals surface area contributed by atoms with Gasteiger partial charge in [0.15, 0.2) is 0 Å². The Labute approximate surface area is 105 Å². The van der Waals surface area contributed by atoms with Gasteiger partial charge >= 0.3 is 5.97 Å². The summed E-state index contributed by atoms with van der Waals surface area (Å²) in [5, 5.41) is 8.75. The molecule has 0 aromatic rings. The summed E-state index contributed by atoms with van der Waals surface area (Å²) in [6, 6.07) is 0.654. The summed E-state index contributed by atoms with van der Waals surface area (Å²) in [5.74, 6) is -0.742. The number of carboxylic acid groups (broad SMARTS) is 1. The van der Waals surface area contributed by atoms with Crippen molar-refractivity contribution in [3.05, 3.63) is 0 Å². The standard InChI is InChI=1S/C13H27NO3/c1-10(2)14(8-7-12(15)16)11(3)9-13(4,5)17-6/h10-11H,7-9H2,1-6H3,(H,15,16). The van der Waals surface area contributed by atoms with Gasteiger partial charge in [0, 0.05) is 25.7 Å². The molecule has 0 aliphatic carbocycles. The van der Waals surface area contributed by atoms with Crippen molar-refractivity contribution in [3.8, 4) is 0 Å². The fraction of sp³-hybridized carbons (Fsp3) is 0.923. The maximum atomic E-state index is 10.6. The molecule has 1 N–H and O–H groups in total. The third-order valence-electron chi connectivity index (χ3n) is 3.15. The van der Waals surface area contributed by atoms with Crippen molar-refractivity contribution in [2.24, 2.45) is 0 Å². The number of hydrogen-bond acceptors (Lipinski definition) is 3. The first-order valence-electron chi connectivity index (χ1n) is 6.22. The summed E-state index contributed by atoms with van der Waals surface area (Å²) in [6.45, 7) is 11.0. The summed E-state index contributed by atoms with van der Waals surface area (Å²) >= 11 is 0. The van der Waals surface area contributed by atoms with Crippen LogP contribution in [-0.2, 0) is 9.53 Å². The van der Waals surface area contributed by atoms with E-state index in [-0.39, 0.29) is 12.0 Å². The van der Waals surface area contributed by atoms with Crippen LogP contribution in [0.25, 0.3) is 0 Å². The van der Waals surface area contributed by atoms with E-state index in [0.29, 0.717) is 18.6 Å². The fourth-order valence-electron chi connectivity index (χ4n) is 2.12. The minimum Gasteiger partial charge on any atom is -0.481 e. The van der Waals surface area contributed by atoms with Gasteiger partial charge in [0.25, 0.3) is 0 Å². The molecule has 1 unspecified atom stereocenters. The number of carboxylic acids is 1. The summed E-state index contributed by atoms with van der Waals surface area (Å²) in [4.78, 5) is 12.9. The van der Waals surface area contributed by atoms with Crippen LogP contribution in [0.3, 0.4) is 0 Å². The van der Waals surface area contributed by atoms with E-state index in [1.165, 1.54) is 0 Å². The maximum Gasteiger partial charge on any atom is 0.304 e. The van der Waals surface area contributed by atoms with Gasteiger partial charge in [0.1, 0.15) is 0 Å². The third-order valence-corrected chi connectivity index (χ3v) is 3.15. The van der Waals surface area contributed by atoms with Gasteiger partial charge in [0.05, 0.1) is 12.0 Å². The summed E-state index contributed by atoms with van der Waals surface area (Å²) in [6.07, 6.45) is 1.08. The van der Waals surface area contributed by atoms with Gasteiger partial charge in [-0.05, 0) is 41.0 Å². The smallest absolute Gasteiger partial charge is 0.304 e. The van der Waals surface area contributed by atoms with Crippen LogP contribution in [0.15, 0.2) is 0 Å². The molecule has 1 atom stereocenters. The predicted molar refractivity (Wildman–Crippen MR) is 69.3 cm³/mol. The first kappa shape index (κ1) is 16.4. The summed E-state index contributed by atoms with van der Waals surface area (Å²) in [5.41, 5.74) is -0.171. The van der Waals surface area contributed by atoms with Crippen molar-refractivity contribution in [1.82, 2.24) is 4.90 Å². The van der Waals surface area contributed by atoms with Crippen LogP contribution in [0.1, 0.15) is 47.5 Å². The molecule has 4 heteroatoms. The van der Waals surface area contributed by atoms with Crippen molar-refractivity contribution in [1.29, 1.82) is 0 Å². The van der Waals surface area contributed by atoms with Crippen LogP contribution in [-0.4, -0.2) is 47.3 Å². The normalized spacial score (nSPS) is 14.4. The lowest BCUT2D eigenvalue weighted by atomic mass is 9.98. The van der Waals surface area contributed by atoms with Gasteiger partial charge in [-0.1, -0.05) is 0 Å². The van der Waals surface area contributed by atoms with Crippen LogP contribution in [0, 0.1) is 0 Å². The second-order valence-electron chi connectivity index (χ2n) is 5.49. The van der Waals surface area contributed by atoms with E-state index >= 15 is 0 Å². The molecule has 102 valence electrons. The average Bonchev–Trinajstić information content (AvgIpc) is 2.16. The number of ether oxygens (including phenoxy) is 1. The highest BCUT2D eigenvalue weighted by Gasteiger charge is 2.25. The number of aliphatic carboxylic acids is 1. The molecule has 0 amide bonds. The number of rotatable bonds is 8. The van der Waals surface area contributed by atoms with Gasteiger partial charge in [-0.2, -0.15) is 0 Å². The van der Waals surface area contributed by atoms with Crippen LogP contribution < -0.4 is 0 Å². The number of nitrogens with zero attached hydrogens (tertiary/aromatic N) is 1. The van der Waals surface area contributed by atoms with Crippen molar-refractivity contribution in [3.63, 3.8) is 0 Å². The second kappa shape index (κ2) is 6.97. The minimum absolute atomic E-state index is 0.171. The van der Waals surface area contributed by atoms with Crippen molar-refractivity contribution < 1.29 is 14.6 Å². The Balaban J connectivity index is 4.44. The SMILES string of the molecule is COC(C)(C)CC(C)N(CCC(=O)O)C(C)C. The zero-order valence-corrected chi connectivity index (χ0v) is 12.0. The lowest BCUT2D eigenvalue weighted by Crippen LogP contribution is -2.44. The van der Waals surface area contributed by atoms with Gasteiger partial charge in [-0.3, -0.25) is 9.69 Å². The largest absolute Gasteiger partial charge is 0.481 e. The third kappa shape index (κ3) is 6.64.